The van der Waals surface area contributed by atoms with Gasteiger partial charge in [0.15, 0.2) is 0 Å². The van der Waals surface area contributed by atoms with Crippen LogP contribution < -0.4 is 10.2 Å². The number of nitrogens with one attached hydrogen (secondary N) is 1. The van der Waals surface area contributed by atoms with Crippen molar-refractivity contribution in [3.8, 4) is 5.75 Å². The second-order valence-corrected chi connectivity index (χ2v) is 5.83. The van der Waals surface area contributed by atoms with Crippen LogP contribution in [0.1, 0.15) is 36.9 Å². The van der Waals surface area contributed by atoms with Gasteiger partial charge in [-0.3, -0.25) is 4.79 Å². The maximum atomic E-state index is 12.0. The van der Waals surface area contributed by atoms with Gasteiger partial charge in [-0.05, 0) is 60.9 Å². The Kier molecular flexibility index (Phi) is 6.37. The van der Waals surface area contributed by atoms with Gasteiger partial charge in [-0.25, -0.2) is 5.43 Å². The first-order valence-corrected chi connectivity index (χ1v) is 7.82. The predicted molar refractivity (Wildman–Crippen MR) is 95.1 cm³/mol. The summed E-state index contributed by atoms with van der Waals surface area (Å²) >= 11 is 0. The van der Waals surface area contributed by atoms with Crippen molar-refractivity contribution in [2.45, 2.75) is 20.8 Å². The van der Waals surface area contributed by atoms with E-state index in [2.05, 4.69) is 24.4 Å². The van der Waals surface area contributed by atoms with Crippen molar-refractivity contribution >= 4 is 18.2 Å². The molecule has 0 radical (unpaired) electrons. The van der Waals surface area contributed by atoms with Crippen LogP contribution in [0.5, 0.6) is 5.75 Å². The normalized spacial score (nSPS) is 11.9. The van der Waals surface area contributed by atoms with Crippen molar-refractivity contribution in [1.29, 1.82) is 0 Å². The molecule has 0 saturated carbocycles. The highest BCUT2D eigenvalue weighted by Crippen LogP contribution is 2.13. The minimum atomic E-state index is -0.271. The Morgan fingerprint density at radius 3 is 2.67 bits per heavy atom. The number of furan rings is 1. The first-order chi connectivity index (χ1) is 11.5. The third kappa shape index (κ3) is 5.76. The molecule has 0 bridgehead atoms. The summed E-state index contributed by atoms with van der Waals surface area (Å²) in [6, 6.07) is 10.6. The Bertz CT molecular complexity index is 699. The largest absolute Gasteiger partial charge is 0.493 e. The third-order valence-electron chi connectivity index (χ3n) is 3.05. The molecule has 2 rings (SSSR count). The van der Waals surface area contributed by atoms with Crippen molar-refractivity contribution in [1.82, 2.24) is 5.43 Å². The van der Waals surface area contributed by atoms with Gasteiger partial charge in [0.2, 0.25) is 0 Å². The maximum Gasteiger partial charge on any atom is 0.271 e. The number of hydrazone groups is 1. The number of nitrogens with zero attached hydrogens (tertiary/aromatic N) is 1. The van der Waals surface area contributed by atoms with Gasteiger partial charge in [0.05, 0.1) is 19.1 Å². The van der Waals surface area contributed by atoms with Crippen LogP contribution in [-0.4, -0.2) is 18.7 Å². The molecule has 5 heteroatoms. The number of ether oxygens (including phenoxy) is 1. The van der Waals surface area contributed by atoms with Crippen LogP contribution in [0.2, 0.25) is 0 Å². The zero-order valence-corrected chi connectivity index (χ0v) is 14.2. The van der Waals surface area contributed by atoms with Crippen LogP contribution in [0.25, 0.3) is 6.08 Å². The molecule has 0 spiro atoms. The number of benzene rings is 1. The molecule has 2 aromatic rings. The summed E-state index contributed by atoms with van der Waals surface area (Å²) in [5.41, 5.74) is 3.89. The topological polar surface area (TPSA) is 63.8 Å². The predicted octanol–water partition coefficient (Wildman–Crippen LogP) is 4.13. The van der Waals surface area contributed by atoms with Crippen molar-refractivity contribution in [2.75, 3.05) is 6.61 Å². The molecule has 1 amide bonds. The van der Waals surface area contributed by atoms with E-state index in [1.54, 1.807) is 36.7 Å². The minimum absolute atomic E-state index is 0.271. The fraction of sp³-hybridized carbons (Fsp3) is 0.263. The van der Waals surface area contributed by atoms with E-state index in [-0.39, 0.29) is 5.91 Å². The molecule has 0 atom stereocenters. The number of hydrogen-bond donors (Lipinski definition) is 1. The van der Waals surface area contributed by atoms with E-state index in [1.807, 2.05) is 25.1 Å². The van der Waals surface area contributed by atoms with Gasteiger partial charge in [-0.15, -0.1) is 0 Å². The van der Waals surface area contributed by atoms with Gasteiger partial charge in [0.25, 0.3) is 5.91 Å². The SMILES string of the molecule is CC(C=NNC(=O)c1ccc(OCC(C)C)cc1)=Cc1ccco1. The first kappa shape index (κ1) is 17.5. The highest BCUT2D eigenvalue weighted by atomic mass is 16.5. The first-order valence-electron chi connectivity index (χ1n) is 7.82. The number of rotatable bonds is 7. The van der Waals surface area contributed by atoms with Crippen LogP contribution in [0.4, 0.5) is 0 Å². The quantitative estimate of drug-likeness (QED) is 0.614. The fourth-order valence-electron chi connectivity index (χ4n) is 1.86. The van der Waals surface area contributed by atoms with Crippen molar-refractivity contribution < 1.29 is 13.9 Å². The molecule has 126 valence electrons. The molecule has 0 saturated heterocycles. The lowest BCUT2D eigenvalue weighted by atomic mass is 10.2. The molecule has 0 unspecified atom stereocenters. The molecule has 1 aromatic carbocycles. The van der Waals surface area contributed by atoms with Gasteiger partial charge in [-0.1, -0.05) is 13.8 Å². The van der Waals surface area contributed by atoms with Gasteiger partial charge >= 0.3 is 0 Å². The van der Waals surface area contributed by atoms with Gasteiger partial charge in [-0.2, -0.15) is 5.10 Å². The second-order valence-electron chi connectivity index (χ2n) is 5.83. The fourth-order valence-corrected chi connectivity index (χ4v) is 1.86. The van der Waals surface area contributed by atoms with Crippen molar-refractivity contribution in [3.63, 3.8) is 0 Å². The van der Waals surface area contributed by atoms with Crippen LogP contribution in [0, 0.1) is 5.92 Å². The summed E-state index contributed by atoms with van der Waals surface area (Å²) in [6.07, 6.45) is 5.00. The van der Waals surface area contributed by atoms with Gasteiger partial charge in [0, 0.05) is 5.56 Å². The summed E-state index contributed by atoms with van der Waals surface area (Å²) in [4.78, 5) is 12.0. The number of carbonyl (C=O) groups excluding carboxylic acids is 1. The smallest absolute Gasteiger partial charge is 0.271 e. The van der Waals surface area contributed by atoms with Crippen LogP contribution >= 0.6 is 0 Å². The maximum absolute atomic E-state index is 12.0. The Morgan fingerprint density at radius 1 is 1.29 bits per heavy atom. The summed E-state index contributed by atoms with van der Waals surface area (Å²) < 4.78 is 10.8. The Morgan fingerprint density at radius 2 is 2.04 bits per heavy atom. The number of allylic oxidation sites excluding steroid dienone is 1. The van der Waals surface area contributed by atoms with E-state index >= 15 is 0 Å². The van der Waals surface area contributed by atoms with Crippen LogP contribution in [-0.2, 0) is 0 Å². The van der Waals surface area contributed by atoms with E-state index in [4.69, 9.17) is 9.15 Å². The standard InChI is InChI=1S/C19H22N2O3/c1-14(2)13-24-17-8-6-16(7-9-17)19(22)21-20-12-15(3)11-18-5-4-10-23-18/h4-12,14H,13H2,1-3H3,(H,21,22). The monoisotopic (exact) mass is 326 g/mol. The van der Waals surface area contributed by atoms with E-state index in [0.717, 1.165) is 17.1 Å². The lowest BCUT2D eigenvalue weighted by molar-refractivity contribution is 0.0955. The van der Waals surface area contributed by atoms with Crippen LogP contribution in [0.15, 0.2) is 57.8 Å². The molecule has 0 fully saturated rings. The van der Waals surface area contributed by atoms with E-state index in [0.29, 0.717) is 18.1 Å². The molecule has 1 N–H and O–H groups in total. The number of hydrogen-bond acceptors (Lipinski definition) is 4. The lowest BCUT2D eigenvalue weighted by Crippen LogP contribution is -2.17. The Hall–Kier alpha value is -2.82. The zero-order chi connectivity index (χ0) is 17.4. The lowest BCUT2D eigenvalue weighted by Gasteiger charge is -2.08. The van der Waals surface area contributed by atoms with E-state index in [9.17, 15) is 4.79 Å². The van der Waals surface area contributed by atoms with E-state index in [1.165, 1.54) is 0 Å². The summed E-state index contributed by atoms with van der Waals surface area (Å²) in [5, 5.41) is 3.94. The molecule has 1 aromatic heterocycles. The van der Waals surface area contributed by atoms with E-state index < -0.39 is 0 Å². The second kappa shape index (κ2) is 8.72. The average Bonchev–Trinajstić information content (AvgIpc) is 3.06. The third-order valence-corrected chi connectivity index (χ3v) is 3.05. The summed E-state index contributed by atoms with van der Waals surface area (Å²) in [6.45, 7) is 6.69. The highest BCUT2D eigenvalue weighted by Gasteiger charge is 2.04. The van der Waals surface area contributed by atoms with Crippen molar-refractivity contribution in [2.24, 2.45) is 11.0 Å². The molecule has 0 aliphatic heterocycles. The van der Waals surface area contributed by atoms with Crippen LogP contribution in [0.3, 0.4) is 0 Å². The molecule has 0 aliphatic carbocycles. The molecule has 0 aliphatic rings. The molecule has 5 nitrogen and oxygen atoms in total. The molecule has 1 heterocycles. The molecule has 24 heavy (non-hydrogen) atoms. The number of carbonyl (C=O) groups is 1. The number of amides is 1. The summed E-state index contributed by atoms with van der Waals surface area (Å²) in [5.74, 6) is 1.68. The highest BCUT2D eigenvalue weighted by molar-refractivity contribution is 5.95. The molecular formula is C19H22N2O3. The summed E-state index contributed by atoms with van der Waals surface area (Å²) in [7, 11) is 0. The molecular weight excluding hydrogens is 304 g/mol. The van der Waals surface area contributed by atoms with Gasteiger partial charge < -0.3 is 9.15 Å². The van der Waals surface area contributed by atoms with Gasteiger partial charge in [0.1, 0.15) is 11.5 Å². The Labute approximate surface area is 142 Å². The average molecular weight is 326 g/mol. The van der Waals surface area contributed by atoms with Crippen molar-refractivity contribution in [3.05, 3.63) is 59.6 Å². The Balaban J connectivity index is 1.86. The minimum Gasteiger partial charge on any atom is -0.493 e. The zero-order valence-electron chi connectivity index (χ0n) is 14.2.